The van der Waals surface area contributed by atoms with E-state index in [0.29, 0.717) is 22.2 Å². The summed E-state index contributed by atoms with van der Waals surface area (Å²) in [4.78, 5) is 41.0. The zero-order valence-corrected chi connectivity index (χ0v) is 23.9. The first-order valence-electron chi connectivity index (χ1n) is 13.0. The Morgan fingerprint density at radius 1 is 1.10 bits per heavy atom. The van der Waals surface area contributed by atoms with Gasteiger partial charge in [-0.2, -0.15) is 9.78 Å². The van der Waals surface area contributed by atoms with Gasteiger partial charge in [-0.25, -0.2) is 9.78 Å². The highest BCUT2D eigenvalue weighted by Gasteiger charge is 2.26. The van der Waals surface area contributed by atoms with E-state index in [1.54, 1.807) is 31.4 Å². The molecule has 218 valence electrons. The molecular formula is C30H30N4O8. The Kier molecular flexibility index (Phi) is 8.55. The van der Waals surface area contributed by atoms with Crippen molar-refractivity contribution in [2.45, 2.75) is 39.7 Å². The predicted molar refractivity (Wildman–Crippen MR) is 157 cm³/mol. The Hall–Kier alpha value is -5.26. The van der Waals surface area contributed by atoms with Gasteiger partial charge in [0.2, 0.25) is 5.75 Å². The van der Waals surface area contributed by atoms with Crippen LogP contribution in [0.3, 0.4) is 0 Å². The maximum Gasteiger partial charge on any atom is 0.344 e. The summed E-state index contributed by atoms with van der Waals surface area (Å²) < 4.78 is 17.3. The summed E-state index contributed by atoms with van der Waals surface area (Å²) in [6.07, 6.45) is -0.103. The Labute approximate surface area is 241 Å². The second-order valence-corrected chi connectivity index (χ2v) is 9.80. The summed E-state index contributed by atoms with van der Waals surface area (Å²) in [6.45, 7) is 7.18. The van der Waals surface area contributed by atoms with Gasteiger partial charge >= 0.3 is 11.7 Å². The van der Waals surface area contributed by atoms with Gasteiger partial charge in [0.25, 0.3) is 5.56 Å². The Morgan fingerprint density at radius 2 is 1.79 bits per heavy atom. The predicted octanol–water partition coefficient (Wildman–Crippen LogP) is 5.15. The standard InChI is InChI=1S/C30H30N4O8/c1-16(2)21-14-22(17(3)11-25(21)40-5)28-32-23-10-8-7-9-20(23)29(35)33(28)31-15-19-12-24(34(38)39)27(26(13-19)41-6)42-18(4)30(36)37/h7-16,18H,1-6H3,(H,36,37)/t18-/m0/s1. The minimum atomic E-state index is -1.37. The van der Waals surface area contributed by atoms with Crippen molar-refractivity contribution in [2.24, 2.45) is 5.10 Å². The van der Waals surface area contributed by atoms with E-state index in [4.69, 9.17) is 19.2 Å². The van der Waals surface area contributed by atoms with E-state index < -0.39 is 28.2 Å². The maximum absolute atomic E-state index is 13.7. The number of aromatic nitrogens is 2. The first-order chi connectivity index (χ1) is 20.0. The number of carboxylic acid groups (broad SMARTS) is 1. The fraction of sp³-hybridized carbons (Fsp3) is 0.267. The van der Waals surface area contributed by atoms with Crippen LogP contribution in [-0.2, 0) is 4.79 Å². The molecular weight excluding hydrogens is 544 g/mol. The number of aryl methyl sites for hydroxylation is 1. The molecule has 0 radical (unpaired) electrons. The summed E-state index contributed by atoms with van der Waals surface area (Å²) >= 11 is 0. The summed E-state index contributed by atoms with van der Waals surface area (Å²) in [5.74, 6) is -0.620. The molecule has 42 heavy (non-hydrogen) atoms. The van der Waals surface area contributed by atoms with Crippen molar-refractivity contribution in [1.82, 2.24) is 9.66 Å². The number of hydrogen-bond donors (Lipinski definition) is 1. The molecule has 4 aromatic rings. The van der Waals surface area contributed by atoms with E-state index in [0.717, 1.165) is 21.9 Å². The van der Waals surface area contributed by atoms with E-state index in [2.05, 4.69) is 5.10 Å². The van der Waals surface area contributed by atoms with Crippen molar-refractivity contribution < 1.29 is 29.0 Å². The third kappa shape index (κ3) is 5.78. The number of benzene rings is 3. The van der Waals surface area contributed by atoms with Crippen LogP contribution >= 0.6 is 0 Å². The zero-order valence-electron chi connectivity index (χ0n) is 23.9. The second kappa shape index (κ2) is 12.1. The summed E-state index contributed by atoms with van der Waals surface area (Å²) in [7, 11) is 2.87. The van der Waals surface area contributed by atoms with Gasteiger partial charge in [0.15, 0.2) is 17.7 Å². The molecule has 0 aliphatic heterocycles. The van der Waals surface area contributed by atoms with E-state index in [1.807, 2.05) is 32.9 Å². The van der Waals surface area contributed by atoms with Gasteiger partial charge in [-0.1, -0.05) is 26.0 Å². The first kappa shape index (κ1) is 29.7. The van der Waals surface area contributed by atoms with Crippen molar-refractivity contribution in [3.05, 3.63) is 85.7 Å². The van der Waals surface area contributed by atoms with Crippen molar-refractivity contribution in [1.29, 1.82) is 0 Å². The fourth-order valence-corrected chi connectivity index (χ4v) is 4.41. The molecule has 0 aliphatic rings. The van der Waals surface area contributed by atoms with Crippen molar-refractivity contribution in [3.63, 3.8) is 0 Å². The van der Waals surface area contributed by atoms with Crippen molar-refractivity contribution in [2.75, 3.05) is 14.2 Å². The maximum atomic E-state index is 13.7. The third-order valence-electron chi connectivity index (χ3n) is 6.63. The van der Waals surface area contributed by atoms with Crippen LogP contribution in [0.1, 0.15) is 43.4 Å². The highest BCUT2D eigenvalue weighted by molar-refractivity contribution is 5.85. The Bertz CT molecular complexity index is 1780. The second-order valence-electron chi connectivity index (χ2n) is 9.80. The number of aliphatic carboxylic acids is 1. The molecule has 0 saturated carbocycles. The number of ether oxygens (including phenoxy) is 3. The number of carbonyl (C=O) groups is 1. The summed E-state index contributed by atoms with van der Waals surface area (Å²) in [5.41, 5.74) is 2.10. The fourth-order valence-electron chi connectivity index (χ4n) is 4.41. The molecule has 1 atom stereocenters. The lowest BCUT2D eigenvalue weighted by Crippen LogP contribution is -2.23. The number of carboxylic acids is 1. The molecule has 1 aromatic heterocycles. The van der Waals surface area contributed by atoms with Crippen LogP contribution < -0.4 is 19.8 Å². The van der Waals surface area contributed by atoms with Gasteiger partial charge in [-0.05, 0) is 61.2 Å². The van der Waals surface area contributed by atoms with Gasteiger partial charge in [-0.15, -0.1) is 0 Å². The zero-order chi connectivity index (χ0) is 30.7. The highest BCUT2D eigenvalue weighted by Crippen LogP contribution is 2.39. The van der Waals surface area contributed by atoms with Crippen LogP contribution in [0.5, 0.6) is 17.2 Å². The van der Waals surface area contributed by atoms with Gasteiger partial charge in [0.1, 0.15) is 5.75 Å². The normalized spacial score (nSPS) is 12.1. The largest absolute Gasteiger partial charge is 0.496 e. The average molecular weight is 575 g/mol. The molecule has 1 N–H and O–H groups in total. The molecule has 0 amide bonds. The monoisotopic (exact) mass is 574 g/mol. The molecule has 0 spiro atoms. The highest BCUT2D eigenvalue weighted by atomic mass is 16.6. The molecule has 0 saturated heterocycles. The van der Waals surface area contributed by atoms with Crippen molar-refractivity contribution in [3.8, 4) is 28.6 Å². The minimum Gasteiger partial charge on any atom is -0.496 e. The van der Waals surface area contributed by atoms with Gasteiger partial charge in [0.05, 0.1) is 36.3 Å². The van der Waals surface area contributed by atoms with Crippen molar-refractivity contribution >= 4 is 28.8 Å². The molecule has 0 aliphatic carbocycles. The number of nitrogens with zero attached hydrogens (tertiary/aromatic N) is 4. The Morgan fingerprint density at radius 3 is 2.40 bits per heavy atom. The van der Waals surface area contributed by atoms with Gasteiger partial charge < -0.3 is 19.3 Å². The van der Waals surface area contributed by atoms with E-state index in [-0.39, 0.29) is 28.8 Å². The number of methoxy groups -OCH3 is 2. The molecule has 12 nitrogen and oxygen atoms in total. The van der Waals surface area contributed by atoms with Crippen LogP contribution in [0.25, 0.3) is 22.3 Å². The minimum absolute atomic E-state index is 0.0736. The lowest BCUT2D eigenvalue weighted by molar-refractivity contribution is -0.386. The molecule has 4 rings (SSSR count). The summed E-state index contributed by atoms with van der Waals surface area (Å²) in [6, 6.07) is 13.2. The molecule has 0 fully saturated rings. The smallest absolute Gasteiger partial charge is 0.344 e. The molecule has 3 aromatic carbocycles. The number of hydrogen-bond acceptors (Lipinski definition) is 9. The van der Waals surface area contributed by atoms with Crippen LogP contribution in [0.15, 0.2) is 58.4 Å². The quantitative estimate of drug-likeness (QED) is 0.154. The average Bonchev–Trinajstić information content (AvgIpc) is 2.96. The van der Waals surface area contributed by atoms with E-state index in [1.165, 1.54) is 26.3 Å². The number of nitro groups is 1. The van der Waals surface area contributed by atoms with Gasteiger partial charge in [0, 0.05) is 17.2 Å². The van der Waals surface area contributed by atoms with Gasteiger partial charge in [-0.3, -0.25) is 14.9 Å². The molecule has 0 bridgehead atoms. The molecule has 0 unspecified atom stereocenters. The lowest BCUT2D eigenvalue weighted by atomic mass is 9.96. The van der Waals surface area contributed by atoms with E-state index >= 15 is 0 Å². The number of rotatable bonds is 10. The van der Waals surface area contributed by atoms with Crippen LogP contribution in [0.2, 0.25) is 0 Å². The third-order valence-corrected chi connectivity index (χ3v) is 6.63. The number of para-hydroxylation sites is 1. The number of fused-ring (bicyclic) bond motifs is 1. The summed E-state index contributed by atoms with van der Waals surface area (Å²) in [5, 5.41) is 25.9. The van der Waals surface area contributed by atoms with Crippen LogP contribution in [0.4, 0.5) is 5.69 Å². The SMILES string of the molecule is COc1cc(C)c(-c2nc3ccccc3c(=O)n2N=Cc2cc(OC)c(O[C@@H](C)C(=O)O)c([N+](=O)[O-])c2)cc1C(C)C. The van der Waals surface area contributed by atoms with Crippen LogP contribution in [-0.4, -0.2) is 52.2 Å². The number of nitro benzene ring substituents is 1. The molecule has 12 heteroatoms. The Balaban J connectivity index is 1.94. The van der Waals surface area contributed by atoms with E-state index in [9.17, 15) is 24.8 Å². The lowest BCUT2D eigenvalue weighted by Gasteiger charge is -2.17. The first-order valence-corrected chi connectivity index (χ1v) is 13.0. The van der Waals surface area contributed by atoms with Crippen LogP contribution in [0, 0.1) is 17.0 Å². The topological polar surface area (TPSA) is 155 Å². The molecule has 1 heterocycles.